The van der Waals surface area contributed by atoms with Crippen LogP contribution in [0.2, 0.25) is 0 Å². The molecule has 1 saturated heterocycles. The van der Waals surface area contributed by atoms with Gasteiger partial charge in [-0.25, -0.2) is 0 Å². The van der Waals surface area contributed by atoms with Gasteiger partial charge in [-0.05, 0) is 55.1 Å². The molecule has 2 aromatic rings. The van der Waals surface area contributed by atoms with E-state index in [4.69, 9.17) is 0 Å². The minimum atomic E-state index is 0.0728. The summed E-state index contributed by atoms with van der Waals surface area (Å²) in [5.74, 6) is 0.0728. The van der Waals surface area contributed by atoms with Crippen LogP contribution in [-0.2, 0) is 0 Å². The van der Waals surface area contributed by atoms with Crippen LogP contribution in [0.3, 0.4) is 0 Å². The molecular formula is C21H26N2O2S. The van der Waals surface area contributed by atoms with Crippen molar-refractivity contribution in [3.05, 3.63) is 54.1 Å². The highest BCUT2D eigenvalue weighted by Gasteiger charge is 2.27. The summed E-state index contributed by atoms with van der Waals surface area (Å²) in [6.45, 7) is 2.39. The largest absolute Gasteiger partial charge is 0.396 e. The first-order chi connectivity index (χ1) is 12.6. The van der Waals surface area contributed by atoms with Gasteiger partial charge in [-0.3, -0.25) is 9.69 Å². The number of piperazine rings is 1. The van der Waals surface area contributed by atoms with E-state index in [2.05, 4.69) is 42.5 Å². The molecule has 26 heavy (non-hydrogen) atoms. The van der Waals surface area contributed by atoms with E-state index in [-0.39, 0.29) is 18.6 Å². The van der Waals surface area contributed by atoms with Gasteiger partial charge in [-0.15, -0.1) is 11.8 Å². The third kappa shape index (κ3) is 4.29. The second kappa shape index (κ2) is 8.71. The maximum atomic E-state index is 13.0. The summed E-state index contributed by atoms with van der Waals surface area (Å²) in [4.78, 5) is 18.4. The third-order valence-corrected chi connectivity index (χ3v) is 5.80. The highest BCUT2D eigenvalue weighted by Crippen LogP contribution is 2.24. The van der Waals surface area contributed by atoms with Crippen LogP contribution < -0.4 is 0 Å². The fourth-order valence-electron chi connectivity index (χ4n) is 3.39. The number of rotatable bonds is 5. The summed E-state index contributed by atoms with van der Waals surface area (Å²) < 4.78 is 0. The highest BCUT2D eigenvalue weighted by atomic mass is 32.2. The molecule has 1 aliphatic rings. The topological polar surface area (TPSA) is 43.8 Å². The lowest BCUT2D eigenvalue weighted by Crippen LogP contribution is -2.53. The lowest BCUT2D eigenvalue weighted by atomic mass is 10.0. The number of amides is 1. The Morgan fingerprint density at radius 1 is 1.15 bits per heavy atom. The Labute approximate surface area is 159 Å². The summed E-state index contributed by atoms with van der Waals surface area (Å²) in [5.41, 5.74) is 2.90. The van der Waals surface area contributed by atoms with Crippen molar-refractivity contribution in [1.82, 2.24) is 9.80 Å². The SMILES string of the molecule is CSc1ccc(-c2cccc(C(=O)N3CCN(C)C(CCO)C3)c2)cc1. The number of benzene rings is 2. The van der Waals surface area contributed by atoms with Gasteiger partial charge in [-0.2, -0.15) is 0 Å². The molecule has 1 atom stereocenters. The number of carbonyl (C=O) groups is 1. The summed E-state index contributed by atoms with van der Waals surface area (Å²) in [6.07, 6.45) is 2.76. The molecule has 1 N–H and O–H groups in total. The number of aliphatic hydroxyl groups excluding tert-OH is 1. The molecule has 0 spiro atoms. The van der Waals surface area contributed by atoms with Gasteiger partial charge in [-0.1, -0.05) is 24.3 Å². The van der Waals surface area contributed by atoms with Crippen molar-refractivity contribution < 1.29 is 9.90 Å². The van der Waals surface area contributed by atoms with E-state index < -0.39 is 0 Å². The van der Waals surface area contributed by atoms with Gasteiger partial charge in [0.1, 0.15) is 0 Å². The van der Waals surface area contributed by atoms with Crippen LogP contribution in [0.4, 0.5) is 0 Å². The fourth-order valence-corrected chi connectivity index (χ4v) is 3.80. The first kappa shape index (κ1) is 19.0. The summed E-state index contributed by atoms with van der Waals surface area (Å²) in [7, 11) is 2.06. The average Bonchev–Trinajstić information content (AvgIpc) is 2.69. The van der Waals surface area contributed by atoms with Gasteiger partial charge in [0.15, 0.2) is 0 Å². The van der Waals surface area contributed by atoms with Crippen molar-refractivity contribution in [3.63, 3.8) is 0 Å². The van der Waals surface area contributed by atoms with E-state index in [0.29, 0.717) is 13.0 Å². The number of hydrogen-bond acceptors (Lipinski definition) is 4. The predicted octanol–water partition coefficient (Wildman–Crippen LogP) is 3.21. The molecule has 138 valence electrons. The second-order valence-electron chi connectivity index (χ2n) is 6.71. The van der Waals surface area contributed by atoms with Crippen molar-refractivity contribution in [2.24, 2.45) is 0 Å². The number of aliphatic hydroxyl groups is 1. The second-order valence-corrected chi connectivity index (χ2v) is 7.59. The first-order valence-electron chi connectivity index (χ1n) is 8.97. The zero-order valence-corrected chi connectivity index (χ0v) is 16.2. The van der Waals surface area contributed by atoms with Gasteiger partial charge in [0, 0.05) is 42.7 Å². The molecule has 2 aromatic carbocycles. The van der Waals surface area contributed by atoms with Crippen molar-refractivity contribution in [2.45, 2.75) is 17.4 Å². The lowest BCUT2D eigenvalue weighted by molar-refractivity contribution is 0.0500. The Kier molecular flexibility index (Phi) is 6.35. The van der Waals surface area contributed by atoms with E-state index >= 15 is 0 Å². The number of carbonyl (C=O) groups excluding carboxylic acids is 1. The van der Waals surface area contributed by atoms with Crippen molar-refractivity contribution in [3.8, 4) is 11.1 Å². The molecule has 1 fully saturated rings. The van der Waals surface area contributed by atoms with Gasteiger partial charge < -0.3 is 10.0 Å². The van der Waals surface area contributed by atoms with Crippen LogP contribution >= 0.6 is 11.8 Å². The van der Waals surface area contributed by atoms with E-state index in [1.807, 2.05) is 29.2 Å². The molecular weight excluding hydrogens is 344 g/mol. The molecule has 3 rings (SSSR count). The molecule has 5 heteroatoms. The van der Waals surface area contributed by atoms with Gasteiger partial charge >= 0.3 is 0 Å². The molecule has 1 amide bonds. The molecule has 1 unspecified atom stereocenters. The number of hydrogen-bond donors (Lipinski definition) is 1. The monoisotopic (exact) mass is 370 g/mol. The standard InChI is InChI=1S/C21H26N2O2S/c1-22-11-12-23(15-19(22)10-13-24)21(25)18-5-3-4-17(14-18)16-6-8-20(26-2)9-7-16/h3-9,14,19,24H,10-13,15H2,1-2H3. The lowest BCUT2D eigenvalue weighted by Gasteiger charge is -2.39. The molecule has 0 aromatic heterocycles. The van der Waals surface area contributed by atoms with E-state index in [9.17, 15) is 9.90 Å². The van der Waals surface area contributed by atoms with E-state index in [1.54, 1.807) is 11.8 Å². The zero-order valence-electron chi connectivity index (χ0n) is 15.4. The van der Waals surface area contributed by atoms with Crippen LogP contribution in [-0.4, -0.2) is 66.4 Å². The summed E-state index contributed by atoms with van der Waals surface area (Å²) in [6, 6.07) is 16.5. The van der Waals surface area contributed by atoms with Gasteiger partial charge in [0.2, 0.25) is 0 Å². The summed E-state index contributed by atoms with van der Waals surface area (Å²) in [5, 5.41) is 9.25. The van der Waals surface area contributed by atoms with Gasteiger partial charge in [0.25, 0.3) is 5.91 Å². The normalized spacial score (nSPS) is 18.1. The van der Waals surface area contributed by atoms with Crippen LogP contribution in [0.5, 0.6) is 0 Å². The zero-order chi connectivity index (χ0) is 18.5. The number of nitrogens with zero attached hydrogens (tertiary/aromatic N) is 2. The maximum absolute atomic E-state index is 13.0. The molecule has 1 heterocycles. The Morgan fingerprint density at radius 2 is 1.92 bits per heavy atom. The van der Waals surface area contributed by atoms with Crippen LogP contribution in [0.1, 0.15) is 16.8 Å². The number of thioether (sulfide) groups is 1. The van der Waals surface area contributed by atoms with Crippen molar-refractivity contribution >= 4 is 17.7 Å². The quantitative estimate of drug-likeness (QED) is 0.821. The van der Waals surface area contributed by atoms with Crippen LogP contribution in [0, 0.1) is 0 Å². The van der Waals surface area contributed by atoms with Crippen molar-refractivity contribution in [1.29, 1.82) is 0 Å². The fraction of sp³-hybridized carbons (Fsp3) is 0.381. The Balaban J connectivity index is 1.77. The Morgan fingerprint density at radius 3 is 2.62 bits per heavy atom. The predicted molar refractivity (Wildman–Crippen MR) is 108 cm³/mol. The Hall–Kier alpha value is -1.82. The van der Waals surface area contributed by atoms with Crippen LogP contribution in [0.25, 0.3) is 11.1 Å². The molecule has 4 nitrogen and oxygen atoms in total. The van der Waals surface area contributed by atoms with Crippen LogP contribution in [0.15, 0.2) is 53.4 Å². The minimum Gasteiger partial charge on any atom is -0.396 e. The number of likely N-dealkylation sites (N-methyl/N-ethyl adjacent to an activating group) is 1. The maximum Gasteiger partial charge on any atom is 0.253 e. The molecule has 0 saturated carbocycles. The van der Waals surface area contributed by atoms with E-state index in [0.717, 1.165) is 29.8 Å². The molecule has 0 radical (unpaired) electrons. The third-order valence-electron chi connectivity index (χ3n) is 5.06. The molecule has 0 aliphatic carbocycles. The van der Waals surface area contributed by atoms with Crippen molar-refractivity contribution in [2.75, 3.05) is 39.5 Å². The smallest absolute Gasteiger partial charge is 0.253 e. The highest BCUT2D eigenvalue weighted by molar-refractivity contribution is 7.98. The molecule has 0 bridgehead atoms. The minimum absolute atomic E-state index is 0.0728. The van der Waals surface area contributed by atoms with Gasteiger partial charge in [0.05, 0.1) is 0 Å². The Bertz CT molecular complexity index is 748. The average molecular weight is 371 g/mol. The molecule has 1 aliphatic heterocycles. The van der Waals surface area contributed by atoms with E-state index in [1.165, 1.54) is 4.90 Å². The summed E-state index contributed by atoms with van der Waals surface area (Å²) >= 11 is 1.72. The first-order valence-corrected chi connectivity index (χ1v) is 10.2.